The molecule has 6 nitrogen and oxygen atoms in total. The summed E-state index contributed by atoms with van der Waals surface area (Å²) in [6.45, 7) is 8.05. The maximum atomic E-state index is 9.77. The van der Waals surface area contributed by atoms with Crippen molar-refractivity contribution in [3.63, 3.8) is 0 Å². The fourth-order valence-electron chi connectivity index (χ4n) is 4.10. The van der Waals surface area contributed by atoms with Crippen LogP contribution in [0.2, 0.25) is 0 Å². The molecule has 2 N–H and O–H groups in total. The predicted octanol–water partition coefficient (Wildman–Crippen LogP) is 4.58. The molecule has 0 spiro atoms. The minimum atomic E-state index is -0.359. The van der Waals surface area contributed by atoms with Gasteiger partial charge < -0.3 is 15.2 Å². The van der Waals surface area contributed by atoms with Crippen LogP contribution >= 0.6 is 15.9 Å². The summed E-state index contributed by atoms with van der Waals surface area (Å²) in [6.07, 6.45) is 2.43. The van der Waals surface area contributed by atoms with Gasteiger partial charge in [-0.15, -0.1) is 0 Å². The molecule has 2 aromatic heterocycles. The third kappa shape index (κ3) is 2.48. The molecule has 0 fully saturated rings. The number of benzene rings is 1. The standard InChI is InChI=1S/C21H21BrN4O2/c1-10-6-14(22)18(27-5)11(2)16(10)26-17-13(12(8-23)20(26)24)9-25-15-7-21(3,4)28-19(15)17/h6,9H,7,24H2,1-5H3. The molecule has 4 rings (SSSR count). The van der Waals surface area contributed by atoms with E-state index in [4.69, 9.17) is 15.2 Å². The lowest BCUT2D eigenvalue weighted by Crippen LogP contribution is -2.24. The van der Waals surface area contributed by atoms with Crippen molar-refractivity contribution in [1.29, 1.82) is 5.26 Å². The number of aryl methyl sites for hydroxylation is 1. The van der Waals surface area contributed by atoms with Crippen molar-refractivity contribution in [2.45, 2.75) is 39.7 Å². The number of nitrogens with two attached hydrogens (primary N) is 1. The number of anilines is 1. The Hall–Kier alpha value is -2.72. The van der Waals surface area contributed by atoms with Crippen LogP contribution in [-0.2, 0) is 6.42 Å². The molecule has 28 heavy (non-hydrogen) atoms. The van der Waals surface area contributed by atoms with Gasteiger partial charge in [0.15, 0.2) is 5.75 Å². The van der Waals surface area contributed by atoms with Crippen molar-refractivity contribution < 1.29 is 9.47 Å². The molecule has 3 heterocycles. The second-order valence-electron chi connectivity index (χ2n) is 7.72. The number of nitrogens with zero attached hydrogens (tertiary/aromatic N) is 3. The largest absolute Gasteiger partial charge is 0.495 e. The van der Waals surface area contributed by atoms with E-state index in [9.17, 15) is 5.26 Å². The van der Waals surface area contributed by atoms with Crippen LogP contribution in [0, 0.1) is 25.2 Å². The zero-order valence-electron chi connectivity index (χ0n) is 16.5. The molecule has 0 saturated heterocycles. The SMILES string of the molecule is COc1c(Br)cc(C)c(-n2c(N)c(C#N)c3cnc4c(c32)OC(C)(C)C4)c1C. The molecule has 0 bridgehead atoms. The van der Waals surface area contributed by atoms with Gasteiger partial charge in [0, 0.05) is 23.6 Å². The van der Waals surface area contributed by atoms with E-state index in [1.165, 1.54) is 0 Å². The van der Waals surface area contributed by atoms with Gasteiger partial charge in [0.2, 0.25) is 0 Å². The first-order valence-corrected chi connectivity index (χ1v) is 9.74. The van der Waals surface area contributed by atoms with Gasteiger partial charge >= 0.3 is 0 Å². The summed E-state index contributed by atoms with van der Waals surface area (Å²) >= 11 is 3.56. The highest BCUT2D eigenvalue weighted by Gasteiger charge is 2.35. The highest BCUT2D eigenvalue weighted by atomic mass is 79.9. The van der Waals surface area contributed by atoms with Crippen LogP contribution in [-0.4, -0.2) is 22.3 Å². The molecule has 0 atom stereocenters. The minimum absolute atomic E-state index is 0.359. The van der Waals surface area contributed by atoms with Crippen LogP contribution in [0.15, 0.2) is 16.7 Å². The number of halogens is 1. The van der Waals surface area contributed by atoms with Crippen LogP contribution in [0.5, 0.6) is 11.5 Å². The quantitative estimate of drug-likeness (QED) is 0.629. The van der Waals surface area contributed by atoms with Crippen molar-refractivity contribution in [3.8, 4) is 23.3 Å². The summed E-state index contributed by atoms with van der Waals surface area (Å²) < 4.78 is 14.6. The van der Waals surface area contributed by atoms with E-state index in [0.717, 1.165) is 38.2 Å². The number of pyridine rings is 1. The lowest BCUT2D eigenvalue weighted by atomic mass is 10.0. The number of rotatable bonds is 2. The molecule has 0 aliphatic carbocycles. The molecular formula is C21H21BrN4O2. The minimum Gasteiger partial charge on any atom is -0.495 e. The van der Waals surface area contributed by atoms with Crippen LogP contribution in [0.4, 0.5) is 5.82 Å². The summed E-state index contributed by atoms with van der Waals surface area (Å²) in [4.78, 5) is 4.56. The van der Waals surface area contributed by atoms with Crippen molar-refractivity contribution in [2.75, 3.05) is 12.8 Å². The first-order valence-electron chi connectivity index (χ1n) is 8.95. The molecule has 0 unspecified atom stereocenters. The molecule has 0 radical (unpaired) electrons. The molecule has 144 valence electrons. The van der Waals surface area contributed by atoms with Crippen molar-refractivity contribution >= 4 is 32.7 Å². The van der Waals surface area contributed by atoms with Gasteiger partial charge in [-0.3, -0.25) is 9.55 Å². The van der Waals surface area contributed by atoms with E-state index >= 15 is 0 Å². The van der Waals surface area contributed by atoms with Gasteiger partial charge in [-0.25, -0.2) is 0 Å². The average molecular weight is 441 g/mol. The topological polar surface area (TPSA) is 86.1 Å². The molecular weight excluding hydrogens is 420 g/mol. The first kappa shape index (κ1) is 18.6. The van der Waals surface area contributed by atoms with Crippen LogP contribution in [0.25, 0.3) is 16.6 Å². The molecule has 1 aliphatic rings. The Morgan fingerprint density at radius 3 is 2.75 bits per heavy atom. The summed E-state index contributed by atoms with van der Waals surface area (Å²) in [5.74, 6) is 1.79. The number of fused-ring (bicyclic) bond motifs is 3. The smallest absolute Gasteiger partial charge is 0.166 e. The second-order valence-corrected chi connectivity index (χ2v) is 8.58. The summed E-state index contributed by atoms with van der Waals surface area (Å²) in [7, 11) is 1.64. The molecule has 0 saturated carbocycles. The third-order valence-corrected chi connectivity index (χ3v) is 5.80. The third-order valence-electron chi connectivity index (χ3n) is 5.21. The summed E-state index contributed by atoms with van der Waals surface area (Å²) in [6, 6.07) is 4.23. The number of methoxy groups -OCH3 is 1. The number of hydrogen-bond donors (Lipinski definition) is 1. The number of hydrogen-bond acceptors (Lipinski definition) is 5. The Labute approximate surface area is 172 Å². The molecule has 1 aliphatic heterocycles. The van der Waals surface area contributed by atoms with Gasteiger partial charge in [0.25, 0.3) is 0 Å². The van der Waals surface area contributed by atoms with E-state index in [1.807, 2.05) is 38.3 Å². The van der Waals surface area contributed by atoms with Crippen molar-refractivity contribution in [2.24, 2.45) is 0 Å². The van der Waals surface area contributed by atoms with E-state index in [-0.39, 0.29) is 5.60 Å². The molecule has 3 aromatic rings. The fourth-order valence-corrected chi connectivity index (χ4v) is 4.90. The Bertz CT molecular complexity index is 1190. The van der Waals surface area contributed by atoms with E-state index in [2.05, 4.69) is 27.0 Å². The zero-order chi connectivity index (χ0) is 20.4. The van der Waals surface area contributed by atoms with E-state index in [1.54, 1.807) is 13.3 Å². The number of nitriles is 1. The molecule has 0 amide bonds. The number of aromatic nitrogens is 2. The van der Waals surface area contributed by atoms with Gasteiger partial charge in [0.1, 0.15) is 34.3 Å². The van der Waals surface area contributed by atoms with E-state index in [0.29, 0.717) is 28.9 Å². The maximum Gasteiger partial charge on any atom is 0.166 e. The first-order chi connectivity index (χ1) is 13.2. The number of ether oxygens (including phenoxy) is 2. The van der Waals surface area contributed by atoms with Gasteiger partial charge in [-0.2, -0.15) is 5.26 Å². The Morgan fingerprint density at radius 2 is 2.11 bits per heavy atom. The second kappa shape index (κ2) is 6.14. The highest BCUT2D eigenvalue weighted by molar-refractivity contribution is 9.10. The van der Waals surface area contributed by atoms with Gasteiger partial charge in [-0.05, 0) is 55.3 Å². The van der Waals surface area contributed by atoms with Crippen LogP contribution < -0.4 is 15.2 Å². The monoisotopic (exact) mass is 440 g/mol. The van der Waals surface area contributed by atoms with Crippen LogP contribution in [0.3, 0.4) is 0 Å². The van der Waals surface area contributed by atoms with Crippen molar-refractivity contribution in [1.82, 2.24) is 9.55 Å². The molecule has 1 aromatic carbocycles. The number of nitrogen functional groups attached to an aromatic ring is 1. The Morgan fingerprint density at radius 1 is 1.39 bits per heavy atom. The Balaban J connectivity index is 2.18. The normalized spacial score (nSPS) is 14.6. The molecule has 7 heteroatoms. The Kier molecular flexibility index (Phi) is 4.09. The lowest BCUT2D eigenvalue weighted by Gasteiger charge is -2.20. The van der Waals surface area contributed by atoms with Gasteiger partial charge in [0.05, 0.1) is 23.0 Å². The highest BCUT2D eigenvalue weighted by Crippen LogP contribution is 2.45. The maximum absolute atomic E-state index is 9.77. The zero-order valence-corrected chi connectivity index (χ0v) is 18.1. The average Bonchev–Trinajstić information content (AvgIpc) is 3.07. The summed E-state index contributed by atoms with van der Waals surface area (Å²) in [5, 5.41) is 10.5. The van der Waals surface area contributed by atoms with Gasteiger partial charge in [-0.1, -0.05) is 0 Å². The predicted molar refractivity (Wildman–Crippen MR) is 112 cm³/mol. The fraction of sp³-hybridized carbons (Fsp3) is 0.333. The summed E-state index contributed by atoms with van der Waals surface area (Å²) in [5.41, 5.74) is 11.0. The van der Waals surface area contributed by atoms with E-state index < -0.39 is 0 Å². The lowest BCUT2D eigenvalue weighted by molar-refractivity contribution is 0.140. The van der Waals surface area contributed by atoms with Crippen molar-refractivity contribution in [3.05, 3.63) is 39.1 Å². The van der Waals surface area contributed by atoms with Crippen LogP contribution in [0.1, 0.15) is 36.2 Å².